The fourth-order valence-electron chi connectivity index (χ4n) is 2.43. The molecule has 7 heteroatoms. The van der Waals surface area contributed by atoms with Crippen molar-refractivity contribution in [2.24, 2.45) is 0 Å². The van der Waals surface area contributed by atoms with Gasteiger partial charge < -0.3 is 4.74 Å². The van der Waals surface area contributed by atoms with Crippen molar-refractivity contribution in [3.63, 3.8) is 0 Å². The molecule has 2 heterocycles. The number of hydrogen-bond donors (Lipinski definition) is 0. The van der Waals surface area contributed by atoms with Crippen LogP contribution in [0.5, 0.6) is 0 Å². The van der Waals surface area contributed by atoms with E-state index in [0.29, 0.717) is 17.3 Å². The highest BCUT2D eigenvalue weighted by atomic mass is 32.2. The minimum atomic E-state index is -0.239. The normalized spacial score (nSPS) is 19.2. The van der Waals surface area contributed by atoms with E-state index in [4.69, 9.17) is 4.74 Å². The lowest BCUT2D eigenvalue weighted by molar-refractivity contribution is 0.0911. The van der Waals surface area contributed by atoms with Crippen LogP contribution in [0.3, 0.4) is 0 Å². The molecular formula is C15H18N4O2S. The lowest BCUT2D eigenvalue weighted by Gasteiger charge is -2.12. The third kappa shape index (κ3) is 3.53. The summed E-state index contributed by atoms with van der Waals surface area (Å²) in [6.45, 7) is 3.32. The van der Waals surface area contributed by atoms with Crippen LogP contribution in [0.1, 0.15) is 30.1 Å². The Balaban J connectivity index is 1.65. The van der Waals surface area contributed by atoms with E-state index < -0.39 is 0 Å². The summed E-state index contributed by atoms with van der Waals surface area (Å²) in [6.07, 6.45) is 2.28. The second kappa shape index (κ2) is 7.02. The second-order valence-corrected chi connectivity index (χ2v) is 6.58. The van der Waals surface area contributed by atoms with E-state index in [1.807, 2.05) is 37.3 Å². The maximum Gasteiger partial charge on any atom is 0.210 e. The third-order valence-electron chi connectivity index (χ3n) is 3.61. The van der Waals surface area contributed by atoms with Crippen molar-refractivity contribution in [2.75, 3.05) is 6.61 Å². The van der Waals surface area contributed by atoms with Gasteiger partial charge in [0.05, 0.1) is 17.9 Å². The molecule has 0 spiro atoms. The zero-order valence-corrected chi connectivity index (χ0v) is 13.2. The summed E-state index contributed by atoms with van der Waals surface area (Å²) in [7, 11) is 0. The van der Waals surface area contributed by atoms with Crippen LogP contribution in [0.4, 0.5) is 0 Å². The number of thioether (sulfide) groups is 1. The second-order valence-electron chi connectivity index (χ2n) is 5.27. The highest BCUT2D eigenvalue weighted by Gasteiger charge is 2.22. The summed E-state index contributed by atoms with van der Waals surface area (Å²) >= 11 is 1.38. The minimum absolute atomic E-state index is 0.0808. The fraction of sp³-hybridized carbons (Fsp3) is 0.467. The Morgan fingerprint density at radius 1 is 1.45 bits per heavy atom. The van der Waals surface area contributed by atoms with Gasteiger partial charge in [0.1, 0.15) is 0 Å². The number of rotatable bonds is 6. The van der Waals surface area contributed by atoms with Gasteiger partial charge in [-0.25, -0.2) is 4.68 Å². The number of aromatic nitrogens is 4. The molecule has 0 radical (unpaired) electrons. The number of tetrazole rings is 1. The smallest absolute Gasteiger partial charge is 0.210 e. The molecule has 3 rings (SSSR count). The van der Waals surface area contributed by atoms with Crippen LogP contribution in [-0.2, 0) is 11.3 Å². The van der Waals surface area contributed by atoms with Crippen molar-refractivity contribution < 1.29 is 9.53 Å². The molecule has 1 fully saturated rings. The van der Waals surface area contributed by atoms with Gasteiger partial charge in [0.15, 0.2) is 5.78 Å². The first-order valence-corrected chi connectivity index (χ1v) is 8.25. The van der Waals surface area contributed by atoms with Gasteiger partial charge in [0.25, 0.3) is 0 Å². The summed E-state index contributed by atoms with van der Waals surface area (Å²) in [4.78, 5) is 12.4. The number of nitrogens with zero attached hydrogens (tertiary/aromatic N) is 4. The highest BCUT2D eigenvalue weighted by Crippen LogP contribution is 2.24. The molecule has 22 heavy (non-hydrogen) atoms. The molecule has 1 aromatic carbocycles. The van der Waals surface area contributed by atoms with E-state index in [1.165, 1.54) is 11.8 Å². The molecule has 6 nitrogen and oxygen atoms in total. The number of benzene rings is 1. The van der Waals surface area contributed by atoms with Gasteiger partial charge in [-0.1, -0.05) is 42.1 Å². The lowest BCUT2D eigenvalue weighted by atomic mass is 10.1. The Hall–Kier alpha value is -1.73. The first-order valence-electron chi connectivity index (χ1n) is 7.37. The van der Waals surface area contributed by atoms with E-state index >= 15 is 0 Å². The maximum absolute atomic E-state index is 12.4. The minimum Gasteiger partial charge on any atom is -0.376 e. The number of ether oxygens (including phenoxy) is 1. The number of ketones is 1. The highest BCUT2D eigenvalue weighted by molar-refractivity contribution is 8.00. The number of hydrogen-bond acceptors (Lipinski definition) is 6. The van der Waals surface area contributed by atoms with Crippen LogP contribution >= 0.6 is 11.8 Å². The molecule has 1 aliphatic heterocycles. The Kier molecular flexibility index (Phi) is 4.84. The molecule has 2 aromatic rings. The maximum atomic E-state index is 12.4. The Labute approximate surface area is 133 Å². The van der Waals surface area contributed by atoms with Gasteiger partial charge in [0.2, 0.25) is 5.16 Å². The molecule has 0 N–H and O–H groups in total. The molecule has 0 bridgehead atoms. The first kappa shape index (κ1) is 15.2. The van der Waals surface area contributed by atoms with Gasteiger partial charge in [-0.15, -0.1) is 5.10 Å². The van der Waals surface area contributed by atoms with Crippen molar-refractivity contribution in [1.29, 1.82) is 0 Å². The summed E-state index contributed by atoms with van der Waals surface area (Å²) in [5, 5.41) is 12.2. The van der Waals surface area contributed by atoms with Gasteiger partial charge in [-0.05, 0) is 30.2 Å². The van der Waals surface area contributed by atoms with Crippen molar-refractivity contribution in [3.8, 4) is 0 Å². The lowest BCUT2D eigenvalue weighted by Crippen LogP contribution is -2.19. The molecule has 1 aliphatic rings. The predicted octanol–water partition coefficient (Wildman–Crippen LogP) is 2.22. The van der Waals surface area contributed by atoms with Crippen LogP contribution in [0.25, 0.3) is 0 Å². The standard InChI is InChI=1S/C15H18N4O2S/c1-11(14(20)12-6-3-2-4-7-12)22-15-16-17-18-19(15)10-13-8-5-9-21-13/h2-4,6-7,11,13H,5,8-10H2,1H3/t11-,13+/m0/s1. The predicted molar refractivity (Wildman–Crippen MR) is 82.9 cm³/mol. The molecule has 0 aliphatic carbocycles. The Morgan fingerprint density at radius 2 is 2.27 bits per heavy atom. The van der Waals surface area contributed by atoms with Crippen molar-refractivity contribution in [3.05, 3.63) is 35.9 Å². The molecule has 116 valence electrons. The third-order valence-corrected chi connectivity index (χ3v) is 4.68. The molecular weight excluding hydrogens is 300 g/mol. The largest absolute Gasteiger partial charge is 0.376 e. The number of Topliss-reactive ketones (excluding diaryl/α,β-unsaturated/α-hetero) is 1. The molecule has 0 saturated carbocycles. The monoisotopic (exact) mass is 318 g/mol. The average Bonchev–Trinajstić information content (AvgIpc) is 3.20. The van der Waals surface area contributed by atoms with Crippen molar-refractivity contribution >= 4 is 17.5 Å². The summed E-state index contributed by atoms with van der Waals surface area (Å²) in [5.41, 5.74) is 0.709. The van der Waals surface area contributed by atoms with E-state index in [9.17, 15) is 4.79 Å². The molecule has 2 atom stereocenters. The van der Waals surface area contributed by atoms with E-state index in [-0.39, 0.29) is 17.1 Å². The van der Waals surface area contributed by atoms with Gasteiger partial charge >= 0.3 is 0 Å². The zero-order chi connectivity index (χ0) is 15.4. The van der Waals surface area contributed by atoms with Crippen molar-refractivity contribution in [1.82, 2.24) is 20.2 Å². The van der Waals surface area contributed by atoms with Crippen LogP contribution in [-0.4, -0.2) is 44.0 Å². The van der Waals surface area contributed by atoms with Gasteiger partial charge in [-0.3, -0.25) is 4.79 Å². The fourth-order valence-corrected chi connectivity index (χ4v) is 3.30. The Bertz CT molecular complexity index is 625. The van der Waals surface area contributed by atoms with E-state index in [2.05, 4.69) is 15.5 Å². The van der Waals surface area contributed by atoms with E-state index in [0.717, 1.165) is 19.4 Å². The first-order chi connectivity index (χ1) is 10.7. The topological polar surface area (TPSA) is 69.9 Å². The molecule has 1 aromatic heterocycles. The zero-order valence-electron chi connectivity index (χ0n) is 12.4. The van der Waals surface area contributed by atoms with Crippen LogP contribution < -0.4 is 0 Å². The quantitative estimate of drug-likeness (QED) is 0.601. The van der Waals surface area contributed by atoms with E-state index in [1.54, 1.807) is 4.68 Å². The number of carbonyl (C=O) groups excluding carboxylic acids is 1. The summed E-state index contributed by atoms with van der Waals surface area (Å²) in [5.74, 6) is 0.0808. The van der Waals surface area contributed by atoms with Crippen LogP contribution in [0, 0.1) is 0 Å². The summed E-state index contributed by atoms with van der Waals surface area (Å²) < 4.78 is 7.34. The molecule has 0 amide bonds. The van der Waals surface area contributed by atoms with Crippen LogP contribution in [0.15, 0.2) is 35.5 Å². The van der Waals surface area contributed by atoms with Gasteiger partial charge in [0, 0.05) is 12.2 Å². The number of carbonyl (C=O) groups is 1. The SMILES string of the molecule is C[C@H](Sc1nnnn1C[C@H]1CCCO1)C(=O)c1ccccc1. The molecule has 1 saturated heterocycles. The Morgan fingerprint density at radius 3 is 3.00 bits per heavy atom. The summed E-state index contributed by atoms with van der Waals surface area (Å²) in [6, 6.07) is 9.29. The average molecular weight is 318 g/mol. The van der Waals surface area contributed by atoms with Crippen LogP contribution in [0.2, 0.25) is 0 Å². The van der Waals surface area contributed by atoms with Gasteiger partial charge in [-0.2, -0.15) is 0 Å². The molecule has 0 unspecified atom stereocenters. The van der Waals surface area contributed by atoms with Crippen molar-refractivity contribution in [2.45, 2.75) is 42.8 Å².